The fourth-order valence-electron chi connectivity index (χ4n) is 3.37. The molecule has 0 aliphatic heterocycles. The summed E-state index contributed by atoms with van der Waals surface area (Å²) in [5, 5.41) is 14.4. The Morgan fingerprint density at radius 2 is 1.25 bits per heavy atom. The molecule has 3 aromatic rings. The molecule has 28 heavy (non-hydrogen) atoms. The molecule has 3 rings (SSSR count). The van der Waals surface area contributed by atoms with Crippen molar-refractivity contribution < 1.29 is 5.11 Å². The first-order valence-electron chi connectivity index (χ1n) is 9.61. The summed E-state index contributed by atoms with van der Waals surface area (Å²) in [7, 11) is 0. The van der Waals surface area contributed by atoms with Crippen molar-refractivity contribution in [3.8, 4) is 5.75 Å². The average molecular weight is 414 g/mol. The Kier molecular flexibility index (Phi) is 7.79. The van der Waals surface area contributed by atoms with Gasteiger partial charge in [-0.25, -0.2) is 0 Å². The van der Waals surface area contributed by atoms with Gasteiger partial charge in [0.05, 0.1) is 0 Å². The van der Waals surface area contributed by atoms with Crippen LogP contribution in [0.25, 0.3) is 0 Å². The standard InChI is InChI=1S/C24H25Cl2NO/c25-21-9-5-19(6-10-21)24(20-7-11-22(26)12-8-20)15-17-27-16-1-2-18-3-13-23(28)14-4-18/h3-14,24,27-28H,1-2,15-17H2. The molecule has 0 aliphatic rings. The predicted molar refractivity (Wildman–Crippen MR) is 119 cm³/mol. The third kappa shape index (κ3) is 6.27. The summed E-state index contributed by atoms with van der Waals surface area (Å²) in [5.74, 6) is 0.622. The Labute approximate surface area is 177 Å². The van der Waals surface area contributed by atoms with Gasteiger partial charge in [-0.2, -0.15) is 0 Å². The minimum Gasteiger partial charge on any atom is -0.508 e. The van der Waals surface area contributed by atoms with E-state index in [2.05, 4.69) is 29.6 Å². The molecule has 0 saturated carbocycles. The maximum absolute atomic E-state index is 9.34. The molecule has 2 N–H and O–H groups in total. The lowest BCUT2D eigenvalue weighted by molar-refractivity contribution is 0.475. The molecule has 0 heterocycles. The van der Waals surface area contributed by atoms with E-state index in [1.54, 1.807) is 12.1 Å². The largest absolute Gasteiger partial charge is 0.508 e. The highest BCUT2D eigenvalue weighted by Gasteiger charge is 2.14. The maximum Gasteiger partial charge on any atom is 0.115 e. The van der Waals surface area contributed by atoms with Gasteiger partial charge in [-0.15, -0.1) is 0 Å². The lowest BCUT2D eigenvalue weighted by Crippen LogP contribution is -2.19. The van der Waals surface area contributed by atoms with E-state index < -0.39 is 0 Å². The zero-order valence-corrected chi connectivity index (χ0v) is 17.3. The van der Waals surface area contributed by atoms with E-state index in [4.69, 9.17) is 23.2 Å². The van der Waals surface area contributed by atoms with Crippen LogP contribution in [-0.4, -0.2) is 18.2 Å². The number of aromatic hydroxyl groups is 1. The van der Waals surface area contributed by atoms with Crippen LogP contribution in [0, 0.1) is 0 Å². The van der Waals surface area contributed by atoms with Gasteiger partial charge >= 0.3 is 0 Å². The first kappa shape index (κ1) is 20.7. The van der Waals surface area contributed by atoms with E-state index in [0.717, 1.165) is 42.4 Å². The van der Waals surface area contributed by atoms with Gasteiger partial charge in [-0.1, -0.05) is 59.6 Å². The minimum absolute atomic E-state index is 0.305. The number of nitrogens with one attached hydrogen (secondary N) is 1. The SMILES string of the molecule is Oc1ccc(CCCNCCC(c2ccc(Cl)cc2)c2ccc(Cl)cc2)cc1. The number of phenols is 1. The lowest BCUT2D eigenvalue weighted by atomic mass is 9.88. The van der Waals surface area contributed by atoms with Gasteiger partial charge < -0.3 is 10.4 Å². The Hall–Kier alpha value is -2.00. The van der Waals surface area contributed by atoms with Gasteiger partial charge in [-0.05, 0) is 85.4 Å². The second-order valence-corrected chi connectivity index (χ2v) is 7.84. The summed E-state index contributed by atoms with van der Waals surface area (Å²) in [5.41, 5.74) is 3.77. The first-order chi connectivity index (χ1) is 13.6. The summed E-state index contributed by atoms with van der Waals surface area (Å²) in [4.78, 5) is 0. The van der Waals surface area contributed by atoms with Gasteiger partial charge in [0, 0.05) is 16.0 Å². The van der Waals surface area contributed by atoms with Crippen molar-refractivity contribution in [2.24, 2.45) is 0 Å². The highest BCUT2D eigenvalue weighted by atomic mass is 35.5. The van der Waals surface area contributed by atoms with Crippen molar-refractivity contribution in [2.45, 2.75) is 25.2 Å². The van der Waals surface area contributed by atoms with E-state index >= 15 is 0 Å². The number of rotatable bonds is 9. The van der Waals surface area contributed by atoms with Gasteiger partial charge in [0.15, 0.2) is 0 Å². The van der Waals surface area contributed by atoms with Gasteiger partial charge in [0.25, 0.3) is 0 Å². The van der Waals surface area contributed by atoms with Crippen molar-refractivity contribution in [1.82, 2.24) is 5.32 Å². The third-order valence-corrected chi connectivity index (χ3v) is 5.41. The Bertz CT molecular complexity index is 800. The van der Waals surface area contributed by atoms with E-state index in [1.807, 2.05) is 36.4 Å². The molecular formula is C24H25Cl2NO. The second-order valence-electron chi connectivity index (χ2n) is 6.96. The predicted octanol–water partition coefficient (Wildman–Crippen LogP) is 6.44. The summed E-state index contributed by atoms with van der Waals surface area (Å²) in [6.07, 6.45) is 3.07. The monoisotopic (exact) mass is 413 g/mol. The zero-order chi connectivity index (χ0) is 19.8. The third-order valence-electron chi connectivity index (χ3n) is 4.91. The van der Waals surface area contributed by atoms with Gasteiger partial charge in [0.1, 0.15) is 5.75 Å². The number of hydrogen-bond acceptors (Lipinski definition) is 2. The smallest absolute Gasteiger partial charge is 0.115 e. The van der Waals surface area contributed by atoms with Crippen LogP contribution in [0.15, 0.2) is 72.8 Å². The van der Waals surface area contributed by atoms with Crippen molar-refractivity contribution in [3.05, 3.63) is 99.5 Å². The molecule has 2 nitrogen and oxygen atoms in total. The quantitative estimate of drug-likeness (QED) is 0.395. The van der Waals surface area contributed by atoms with Crippen LogP contribution in [0.1, 0.15) is 35.4 Å². The Balaban J connectivity index is 1.52. The summed E-state index contributed by atoms with van der Waals surface area (Å²) in [6.45, 7) is 1.90. The van der Waals surface area contributed by atoms with Crippen molar-refractivity contribution >= 4 is 23.2 Å². The molecule has 0 aliphatic carbocycles. The molecule has 0 saturated heterocycles. The van der Waals surface area contributed by atoms with Crippen LogP contribution >= 0.6 is 23.2 Å². The summed E-state index contributed by atoms with van der Waals surface area (Å²) in [6, 6.07) is 23.7. The lowest BCUT2D eigenvalue weighted by Gasteiger charge is -2.19. The van der Waals surface area contributed by atoms with Gasteiger partial charge in [0.2, 0.25) is 0 Å². The van der Waals surface area contributed by atoms with Crippen LogP contribution < -0.4 is 5.32 Å². The average Bonchev–Trinajstić information content (AvgIpc) is 2.71. The van der Waals surface area contributed by atoms with Crippen LogP contribution in [0.5, 0.6) is 5.75 Å². The summed E-state index contributed by atoms with van der Waals surface area (Å²) >= 11 is 12.1. The fourth-order valence-corrected chi connectivity index (χ4v) is 3.62. The number of phenolic OH excluding ortho intramolecular Hbond substituents is 1. The van der Waals surface area contributed by atoms with E-state index in [-0.39, 0.29) is 0 Å². The molecule has 0 fully saturated rings. The Morgan fingerprint density at radius 1 is 0.714 bits per heavy atom. The first-order valence-corrected chi connectivity index (χ1v) is 10.4. The van der Waals surface area contributed by atoms with Crippen LogP contribution in [-0.2, 0) is 6.42 Å². The molecular weight excluding hydrogens is 389 g/mol. The molecule has 0 unspecified atom stereocenters. The number of benzene rings is 3. The minimum atomic E-state index is 0.305. The summed E-state index contributed by atoms with van der Waals surface area (Å²) < 4.78 is 0. The molecule has 0 spiro atoms. The molecule has 0 atom stereocenters. The molecule has 0 aromatic heterocycles. The molecule has 4 heteroatoms. The molecule has 0 radical (unpaired) electrons. The highest BCUT2D eigenvalue weighted by Crippen LogP contribution is 2.29. The number of hydrogen-bond donors (Lipinski definition) is 2. The topological polar surface area (TPSA) is 32.3 Å². The van der Waals surface area contributed by atoms with E-state index in [9.17, 15) is 5.11 Å². The molecule has 0 amide bonds. The van der Waals surface area contributed by atoms with Crippen LogP contribution in [0.3, 0.4) is 0 Å². The highest BCUT2D eigenvalue weighted by molar-refractivity contribution is 6.30. The molecule has 0 bridgehead atoms. The number of halogens is 2. The maximum atomic E-state index is 9.34. The van der Waals surface area contributed by atoms with Crippen LogP contribution in [0.4, 0.5) is 0 Å². The van der Waals surface area contributed by atoms with Crippen molar-refractivity contribution in [1.29, 1.82) is 0 Å². The number of aryl methyl sites for hydroxylation is 1. The van der Waals surface area contributed by atoms with Crippen LogP contribution in [0.2, 0.25) is 10.0 Å². The molecule has 146 valence electrons. The van der Waals surface area contributed by atoms with Crippen molar-refractivity contribution in [2.75, 3.05) is 13.1 Å². The van der Waals surface area contributed by atoms with Gasteiger partial charge in [-0.3, -0.25) is 0 Å². The normalized spacial score (nSPS) is 11.1. The van der Waals surface area contributed by atoms with E-state index in [1.165, 1.54) is 16.7 Å². The second kappa shape index (κ2) is 10.5. The Morgan fingerprint density at radius 3 is 1.79 bits per heavy atom. The van der Waals surface area contributed by atoms with E-state index in [0.29, 0.717) is 11.7 Å². The fraction of sp³-hybridized carbons (Fsp3) is 0.250. The zero-order valence-electron chi connectivity index (χ0n) is 15.7. The molecule has 3 aromatic carbocycles. The van der Waals surface area contributed by atoms with Crippen molar-refractivity contribution in [3.63, 3.8) is 0 Å².